The van der Waals surface area contributed by atoms with Crippen LogP contribution in [0.3, 0.4) is 0 Å². The van der Waals surface area contributed by atoms with Crippen molar-refractivity contribution in [2.24, 2.45) is 5.41 Å². The summed E-state index contributed by atoms with van der Waals surface area (Å²) in [4.78, 5) is 0. The molecule has 1 rings (SSSR count). The molecular formula is C21H33F2N. The zero-order chi connectivity index (χ0) is 18.4. The molecule has 0 radical (unpaired) electrons. The van der Waals surface area contributed by atoms with Crippen LogP contribution in [0, 0.1) is 5.41 Å². The summed E-state index contributed by atoms with van der Waals surface area (Å²) < 4.78 is 26.6. The molecule has 136 valence electrons. The largest absolute Gasteiger partial charge is 0.382 e. The van der Waals surface area contributed by atoms with Crippen molar-refractivity contribution in [2.45, 2.75) is 78.7 Å². The molecule has 0 spiro atoms. The lowest BCUT2D eigenvalue weighted by Gasteiger charge is -2.24. The van der Waals surface area contributed by atoms with Crippen LogP contribution < -0.4 is 5.32 Å². The number of hydrogen-bond acceptors (Lipinski definition) is 1. The predicted octanol–water partition coefficient (Wildman–Crippen LogP) is 6.66. The van der Waals surface area contributed by atoms with Gasteiger partial charge in [-0.05, 0) is 42.7 Å². The van der Waals surface area contributed by atoms with Gasteiger partial charge in [0.15, 0.2) is 0 Å². The topological polar surface area (TPSA) is 12.0 Å². The summed E-state index contributed by atoms with van der Waals surface area (Å²) >= 11 is 0. The predicted molar refractivity (Wildman–Crippen MR) is 99.4 cm³/mol. The van der Waals surface area contributed by atoms with Gasteiger partial charge in [0, 0.05) is 12.1 Å². The third-order valence-corrected chi connectivity index (χ3v) is 4.00. The smallest absolute Gasteiger partial charge is 0.249 e. The lowest BCUT2D eigenvalue weighted by atomic mass is 9.89. The molecule has 1 nitrogen and oxygen atoms in total. The summed E-state index contributed by atoms with van der Waals surface area (Å²) in [6.07, 6.45) is 3.76. The summed E-state index contributed by atoms with van der Waals surface area (Å²) in [5, 5.41) is 3.51. The summed E-state index contributed by atoms with van der Waals surface area (Å²) in [6, 6.07) is 7.70. The molecule has 0 fully saturated rings. The molecule has 1 aromatic carbocycles. The fraction of sp³-hybridized carbons (Fsp3) is 0.619. The van der Waals surface area contributed by atoms with Gasteiger partial charge in [-0.1, -0.05) is 65.0 Å². The van der Waals surface area contributed by atoms with Crippen molar-refractivity contribution in [3.05, 3.63) is 47.7 Å². The van der Waals surface area contributed by atoms with Crippen molar-refractivity contribution in [3.8, 4) is 0 Å². The minimum absolute atomic E-state index is 0.132. The summed E-state index contributed by atoms with van der Waals surface area (Å²) in [5.74, 6) is -2.68. The monoisotopic (exact) mass is 337 g/mol. The Morgan fingerprint density at radius 3 is 2.42 bits per heavy atom. The number of benzene rings is 1. The minimum Gasteiger partial charge on any atom is -0.382 e. The number of allylic oxidation sites excluding steroid dienone is 1. The van der Waals surface area contributed by atoms with Crippen molar-refractivity contribution >= 4 is 0 Å². The first-order valence-electron chi connectivity index (χ1n) is 8.91. The van der Waals surface area contributed by atoms with Gasteiger partial charge in [0.25, 0.3) is 0 Å². The van der Waals surface area contributed by atoms with Crippen LogP contribution in [-0.2, 0) is 6.42 Å². The fourth-order valence-corrected chi connectivity index (χ4v) is 2.73. The van der Waals surface area contributed by atoms with E-state index in [1.165, 1.54) is 0 Å². The molecule has 1 atom stereocenters. The summed E-state index contributed by atoms with van der Waals surface area (Å²) in [5.41, 5.74) is 3.05. The van der Waals surface area contributed by atoms with E-state index < -0.39 is 5.92 Å². The highest BCUT2D eigenvalue weighted by Gasteiger charge is 2.22. The van der Waals surface area contributed by atoms with E-state index in [0.717, 1.165) is 43.9 Å². The van der Waals surface area contributed by atoms with Gasteiger partial charge in [0.2, 0.25) is 5.92 Å². The Morgan fingerprint density at radius 1 is 1.21 bits per heavy atom. The molecule has 0 bridgehead atoms. The number of nitrogens with one attached hydrogen (secondary N) is 1. The van der Waals surface area contributed by atoms with E-state index in [1.54, 1.807) is 6.07 Å². The van der Waals surface area contributed by atoms with E-state index in [4.69, 9.17) is 0 Å². The molecule has 0 heterocycles. The van der Waals surface area contributed by atoms with Crippen molar-refractivity contribution in [1.82, 2.24) is 5.32 Å². The van der Waals surface area contributed by atoms with E-state index in [-0.39, 0.29) is 17.9 Å². The molecule has 1 aromatic rings. The summed E-state index contributed by atoms with van der Waals surface area (Å²) in [7, 11) is 0. The highest BCUT2D eigenvalue weighted by molar-refractivity contribution is 5.27. The highest BCUT2D eigenvalue weighted by Crippen LogP contribution is 2.27. The maximum Gasteiger partial charge on any atom is 0.249 e. The maximum atomic E-state index is 13.3. The van der Waals surface area contributed by atoms with E-state index >= 15 is 0 Å². The Morgan fingerprint density at radius 2 is 1.88 bits per heavy atom. The van der Waals surface area contributed by atoms with Gasteiger partial charge in [-0.3, -0.25) is 0 Å². The second-order valence-corrected chi connectivity index (χ2v) is 8.14. The summed E-state index contributed by atoms with van der Waals surface area (Å²) in [6.45, 7) is 13.9. The Kier molecular flexibility index (Phi) is 7.44. The molecule has 24 heavy (non-hydrogen) atoms. The quantitative estimate of drug-likeness (QED) is 0.531. The van der Waals surface area contributed by atoms with Gasteiger partial charge < -0.3 is 5.32 Å². The van der Waals surface area contributed by atoms with Crippen LogP contribution in [0.5, 0.6) is 0 Å². The highest BCUT2D eigenvalue weighted by atomic mass is 19.3. The second kappa shape index (κ2) is 8.64. The van der Waals surface area contributed by atoms with Gasteiger partial charge in [-0.2, -0.15) is 0 Å². The van der Waals surface area contributed by atoms with Gasteiger partial charge in [-0.15, -0.1) is 0 Å². The van der Waals surface area contributed by atoms with Crippen LogP contribution in [0.4, 0.5) is 8.78 Å². The average molecular weight is 337 g/mol. The van der Waals surface area contributed by atoms with Gasteiger partial charge in [0.1, 0.15) is 0 Å². The zero-order valence-electron chi connectivity index (χ0n) is 15.9. The molecular weight excluding hydrogens is 304 g/mol. The van der Waals surface area contributed by atoms with E-state index in [1.807, 2.05) is 18.2 Å². The molecule has 0 aliphatic heterocycles. The van der Waals surface area contributed by atoms with Crippen LogP contribution in [0.25, 0.3) is 0 Å². The van der Waals surface area contributed by atoms with Crippen molar-refractivity contribution in [1.29, 1.82) is 0 Å². The Balaban J connectivity index is 2.80. The van der Waals surface area contributed by atoms with E-state index in [2.05, 4.69) is 39.6 Å². The van der Waals surface area contributed by atoms with E-state index in [0.29, 0.717) is 5.56 Å². The van der Waals surface area contributed by atoms with Crippen molar-refractivity contribution in [3.63, 3.8) is 0 Å². The number of rotatable bonds is 9. The van der Waals surface area contributed by atoms with Gasteiger partial charge in [0.05, 0.1) is 6.04 Å². The van der Waals surface area contributed by atoms with Gasteiger partial charge in [-0.25, -0.2) is 8.78 Å². The Labute approximate surface area is 146 Å². The molecule has 0 amide bonds. The first kappa shape index (κ1) is 20.7. The molecule has 0 aromatic heterocycles. The lowest BCUT2D eigenvalue weighted by Crippen LogP contribution is -2.22. The molecule has 0 aliphatic rings. The molecule has 1 unspecified atom stereocenters. The van der Waals surface area contributed by atoms with Crippen LogP contribution in [-0.4, -0.2) is 5.92 Å². The zero-order valence-corrected chi connectivity index (χ0v) is 15.9. The first-order valence-corrected chi connectivity index (χ1v) is 8.91. The number of halogens is 2. The third-order valence-electron chi connectivity index (χ3n) is 4.00. The fourth-order valence-electron chi connectivity index (χ4n) is 2.73. The molecule has 3 heteroatoms. The third kappa shape index (κ3) is 8.47. The maximum absolute atomic E-state index is 13.3. The normalized spacial score (nSPS) is 13.6. The van der Waals surface area contributed by atoms with E-state index in [9.17, 15) is 8.78 Å². The lowest BCUT2D eigenvalue weighted by molar-refractivity contribution is 0.0226. The Bertz CT molecular complexity index is 523. The van der Waals surface area contributed by atoms with Crippen molar-refractivity contribution in [2.75, 3.05) is 0 Å². The average Bonchev–Trinajstić information content (AvgIpc) is 2.42. The standard InChI is InChI=1S/C21H33F2N/c1-7-9-19(24-16(2)12-13-20(3,4)5)18-11-8-10-17(14-18)15-21(6,22)23/h8,10-11,14,19,24H,2,7,9,12-13,15H2,1,3-6H3. The van der Waals surface area contributed by atoms with Gasteiger partial charge >= 0.3 is 0 Å². The SMILES string of the molecule is C=C(CCC(C)(C)C)NC(CCC)c1cccc(CC(C)(F)F)c1. The van der Waals surface area contributed by atoms with Crippen LogP contribution in [0.2, 0.25) is 0 Å². The van der Waals surface area contributed by atoms with Crippen LogP contribution in [0.15, 0.2) is 36.5 Å². The number of hydrogen-bond donors (Lipinski definition) is 1. The van der Waals surface area contributed by atoms with Crippen LogP contribution in [0.1, 0.15) is 77.5 Å². The molecule has 0 saturated heterocycles. The number of alkyl halides is 2. The van der Waals surface area contributed by atoms with Crippen LogP contribution >= 0.6 is 0 Å². The molecule has 1 N–H and O–H groups in total. The van der Waals surface area contributed by atoms with Crippen molar-refractivity contribution < 1.29 is 8.78 Å². The Hall–Kier alpha value is -1.38. The molecule has 0 aliphatic carbocycles. The second-order valence-electron chi connectivity index (χ2n) is 8.14. The minimum atomic E-state index is -2.68. The molecule has 0 saturated carbocycles. The first-order chi connectivity index (χ1) is 11.0.